The Morgan fingerprint density at radius 3 is 3.05 bits per heavy atom. The molecule has 1 aromatic carbocycles. The second kappa shape index (κ2) is 6.91. The maximum absolute atomic E-state index is 5.87. The number of benzene rings is 1. The van der Waals surface area contributed by atoms with Crippen LogP contribution in [0.2, 0.25) is 0 Å². The number of nitrogens with zero attached hydrogens (tertiary/aromatic N) is 1. The molecule has 0 spiro atoms. The predicted octanol–water partition coefficient (Wildman–Crippen LogP) is 2.55. The van der Waals surface area contributed by atoms with Crippen molar-refractivity contribution in [3.05, 3.63) is 34.9 Å². The number of nitrogens with one attached hydrogen (secondary N) is 1. The predicted molar refractivity (Wildman–Crippen MR) is 86.7 cm³/mol. The van der Waals surface area contributed by atoms with E-state index in [0.717, 1.165) is 32.8 Å². The van der Waals surface area contributed by atoms with Crippen molar-refractivity contribution in [3.8, 4) is 0 Å². The van der Waals surface area contributed by atoms with Gasteiger partial charge in [0.15, 0.2) is 0 Å². The zero-order valence-corrected chi connectivity index (χ0v) is 13.4. The summed E-state index contributed by atoms with van der Waals surface area (Å²) in [4.78, 5) is 2.47. The second-order valence-corrected chi connectivity index (χ2v) is 6.40. The number of hydrogen-bond donors (Lipinski definition) is 1. The Morgan fingerprint density at radius 1 is 1.33 bits per heavy atom. The summed E-state index contributed by atoms with van der Waals surface area (Å²) in [5.41, 5.74) is 4.53. The molecule has 1 N–H and O–H groups in total. The fourth-order valence-electron chi connectivity index (χ4n) is 3.48. The Kier molecular flexibility index (Phi) is 4.94. The van der Waals surface area contributed by atoms with Crippen LogP contribution in [0.4, 0.5) is 0 Å². The largest absolute Gasteiger partial charge is 0.374 e. The van der Waals surface area contributed by atoms with Gasteiger partial charge in [-0.3, -0.25) is 4.90 Å². The first-order valence-corrected chi connectivity index (χ1v) is 8.45. The summed E-state index contributed by atoms with van der Waals surface area (Å²) in [5.74, 6) is 0. The van der Waals surface area contributed by atoms with E-state index in [-0.39, 0.29) is 0 Å². The molecular formula is C18H28N2O. The standard InChI is InChI=1S/C18H28N2O/c1-3-20-9-10-21-18(13-20)12-19-14(2)16-8-7-15-5-4-6-17(15)11-16/h7-8,11,14,18-19H,3-6,9-10,12-13H2,1-2H3. The molecule has 1 aliphatic heterocycles. The van der Waals surface area contributed by atoms with Crippen molar-refractivity contribution in [2.75, 3.05) is 32.8 Å². The van der Waals surface area contributed by atoms with E-state index >= 15 is 0 Å². The third-order valence-corrected chi connectivity index (χ3v) is 4.94. The zero-order valence-electron chi connectivity index (χ0n) is 13.4. The van der Waals surface area contributed by atoms with Crippen LogP contribution in [0.5, 0.6) is 0 Å². The fraction of sp³-hybridized carbons (Fsp3) is 0.667. The smallest absolute Gasteiger partial charge is 0.0826 e. The third-order valence-electron chi connectivity index (χ3n) is 4.94. The molecule has 0 radical (unpaired) electrons. The maximum Gasteiger partial charge on any atom is 0.0826 e. The number of rotatable bonds is 5. The number of likely N-dealkylation sites (N-methyl/N-ethyl adjacent to an activating group) is 1. The number of ether oxygens (including phenoxy) is 1. The van der Waals surface area contributed by atoms with Crippen LogP contribution in [0.3, 0.4) is 0 Å². The number of aryl methyl sites for hydroxylation is 2. The van der Waals surface area contributed by atoms with E-state index in [4.69, 9.17) is 4.74 Å². The molecule has 1 aliphatic carbocycles. The lowest BCUT2D eigenvalue weighted by Crippen LogP contribution is -2.46. The van der Waals surface area contributed by atoms with Crippen LogP contribution >= 0.6 is 0 Å². The van der Waals surface area contributed by atoms with E-state index in [0.29, 0.717) is 12.1 Å². The molecule has 1 aromatic rings. The van der Waals surface area contributed by atoms with Crippen LogP contribution < -0.4 is 5.32 Å². The molecule has 3 nitrogen and oxygen atoms in total. The first-order chi connectivity index (χ1) is 10.3. The first kappa shape index (κ1) is 15.0. The molecule has 116 valence electrons. The fourth-order valence-corrected chi connectivity index (χ4v) is 3.48. The van der Waals surface area contributed by atoms with Gasteiger partial charge >= 0.3 is 0 Å². The van der Waals surface area contributed by atoms with Gasteiger partial charge in [0.05, 0.1) is 12.7 Å². The number of hydrogen-bond acceptors (Lipinski definition) is 3. The van der Waals surface area contributed by atoms with E-state index in [1.807, 2.05) is 0 Å². The lowest BCUT2D eigenvalue weighted by Gasteiger charge is -2.32. The van der Waals surface area contributed by atoms with Crippen LogP contribution in [0, 0.1) is 0 Å². The van der Waals surface area contributed by atoms with Gasteiger partial charge in [0, 0.05) is 25.7 Å². The van der Waals surface area contributed by atoms with Crippen LogP contribution in [-0.2, 0) is 17.6 Å². The molecule has 1 heterocycles. The molecule has 1 fully saturated rings. The minimum absolute atomic E-state index is 0.329. The van der Waals surface area contributed by atoms with Crippen molar-refractivity contribution < 1.29 is 4.74 Å². The van der Waals surface area contributed by atoms with E-state index < -0.39 is 0 Å². The minimum Gasteiger partial charge on any atom is -0.374 e. The highest BCUT2D eigenvalue weighted by atomic mass is 16.5. The van der Waals surface area contributed by atoms with Gasteiger partial charge in [-0.2, -0.15) is 0 Å². The van der Waals surface area contributed by atoms with Crippen molar-refractivity contribution in [1.29, 1.82) is 0 Å². The summed E-state index contributed by atoms with van der Waals surface area (Å²) < 4.78 is 5.87. The maximum atomic E-state index is 5.87. The summed E-state index contributed by atoms with van der Waals surface area (Å²) in [6, 6.07) is 7.42. The average Bonchev–Trinajstić information content (AvgIpc) is 3.00. The second-order valence-electron chi connectivity index (χ2n) is 6.40. The Morgan fingerprint density at radius 2 is 2.19 bits per heavy atom. The highest BCUT2D eigenvalue weighted by Crippen LogP contribution is 2.25. The minimum atomic E-state index is 0.329. The van der Waals surface area contributed by atoms with Crippen LogP contribution in [0.1, 0.15) is 43.0 Å². The van der Waals surface area contributed by atoms with Gasteiger partial charge in [0.25, 0.3) is 0 Å². The monoisotopic (exact) mass is 288 g/mol. The molecule has 3 heteroatoms. The quantitative estimate of drug-likeness (QED) is 0.901. The molecule has 3 rings (SSSR count). The molecule has 1 saturated heterocycles. The van der Waals surface area contributed by atoms with Gasteiger partial charge < -0.3 is 10.1 Å². The van der Waals surface area contributed by atoms with E-state index in [1.165, 1.54) is 24.8 Å². The molecule has 21 heavy (non-hydrogen) atoms. The van der Waals surface area contributed by atoms with Crippen LogP contribution in [0.15, 0.2) is 18.2 Å². The zero-order chi connectivity index (χ0) is 14.7. The SMILES string of the molecule is CCN1CCOC(CNC(C)c2ccc3c(c2)CCC3)C1. The normalized spacial score (nSPS) is 24.0. The van der Waals surface area contributed by atoms with Crippen LogP contribution in [0.25, 0.3) is 0 Å². The third kappa shape index (κ3) is 3.65. The Balaban J connectivity index is 1.53. The first-order valence-electron chi connectivity index (χ1n) is 8.45. The van der Waals surface area contributed by atoms with Crippen molar-refractivity contribution in [2.24, 2.45) is 0 Å². The van der Waals surface area contributed by atoms with E-state index in [2.05, 4.69) is 42.3 Å². The van der Waals surface area contributed by atoms with E-state index in [1.54, 1.807) is 11.1 Å². The van der Waals surface area contributed by atoms with Gasteiger partial charge in [-0.15, -0.1) is 0 Å². The lowest BCUT2D eigenvalue weighted by molar-refractivity contribution is -0.0262. The molecule has 0 saturated carbocycles. The number of morpholine rings is 1. The van der Waals surface area contributed by atoms with Gasteiger partial charge in [0.1, 0.15) is 0 Å². The van der Waals surface area contributed by atoms with Crippen molar-refractivity contribution in [2.45, 2.75) is 45.3 Å². The topological polar surface area (TPSA) is 24.5 Å². The highest BCUT2D eigenvalue weighted by molar-refractivity contribution is 5.36. The van der Waals surface area contributed by atoms with Crippen LogP contribution in [-0.4, -0.2) is 43.8 Å². The van der Waals surface area contributed by atoms with Gasteiger partial charge in [-0.25, -0.2) is 0 Å². The van der Waals surface area contributed by atoms with Gasteiger partial charge in [-0.1, -0.05) is 25.1 Å². The molecule has 2 atom stereocenters. The molecule has 2 unspecified atom stereocenters. The van der Waals surface area contributed by atoms with Crippen molar-refractivity contribution >= 4 is 0 Å². The molecule has 2 aliphatic rings. The summed E-state index contributed by atoms with van der Waals surface area (Å²) in [6.45, 7) is 9.55. The van der Waals surface area contributed by atoms with Crippen molar-refractivity contribution in [1.82, 2.24) is 10.2 Å². The highest BCUT2D eigenvalue weighted by Gasteiger charge is 2.20. The Labute approximate surface area is 128 Å². The van der Waals surface area contributed by atoms with Crippen molar-refractivity contribution in [3.63, 3.8) is 0 Å². The van der Waals surface area contributed by atoms with Gasteiger partial charge in [-0.05, 0) is 49.4 Å². The van der Waals surface area contributed by atoms with E-state index in [9.17, 15) is 0 Å². The Hall–Kier alpha value is -0.900. The molecule has 0 aromatic heterocycles. The summed E-state index contributed by atoms with van der Waals surface area (Å²) in [6.07, 6.45) is 4.17. The number of fused-ring (bicyclic) bond motifs is 1. The summed E-state index contributed by atoms with van der Waals surface area (Å²) in [7, 11) is 0. The summed E-state index contributed by atoms with van der Waals surface area (Å²) >= 11 is 0. The summed E-state index contributed by atoms with van der Waals surface area (Å²) in [5, 5.41) is 3.65. The molecule has 0 bridgehead atoms. The Bertz CT molecular complexity index is 474. The lowest BCUT2D eigenvalue weighted by atomic mass is 10.0. The molecular weight excluding hydrogens is 260 g/mol. The molecule has 0 amide bonds. The average molecular weight is 288 g/mol. The van der Waals surface area contributed by atoms with Gasteiger partial charge in [0.2, 0.25) is 0 Å².